The Morgan fingerprint density at radius 1 is 0.938 bits per heavy atom. The molecule has 3 heterocycles. The maximum absolute atomic E-state index is 14.5. The number of thiophene rings is 1. The van der Waals surface area contributed by atoms with E-state index in [1.807, 2.05) is 78.7 Å². The standard InChI is InChI=1S/C40H35FN4O2S/c1-26-11-8-17-32(41)37(26)43-39(46)35-24-30-21-22-45(34-19-7-6-16-31(34)38(30)48-35)40(47)33-18-10-20-36(42-33)44(2)25-27-12-9-15-29(23-27)28-13-4-3-5-14-28/h3-20,23-24,40,47H,21-22,25H2,1-2H3,(H,43,46). The van der Waals surface area contributed by atoms with Crippen LogP contribution >= 0.6 is 11.3 Å². The van der Waals surface area contributed by atoms with Crippen molar-refractivity contribution < 1.29 is 14.3 Å². The highest BCUT2D eigenvalue weighted by Crippen LogP contribution is 2.43. The number of nitrogens with one attached hydrogen (secondary N) is 1. The van der Waals surface area contributed by atoms with E-state index in [-0.39, 0.29) is 11.6 Å². The van der Waals surface area contributed by atoms with Gasteiger partial charge in [0.05, 0.1) is 16.3 Å². The highest BCUT2D eigenvalue weighted by molar-refractivity contribution is 7.17. The van der Waals surface area contributed by atoms with Gasteiger partial charge in [-0.05, 0) is 77.6 Å². The zero-order valence-corrected chi connectivity index (χ0v) is 27.5. The predicted molar refractivity (Wildman–Crippen MR) is 193 cm³/mol. The number of benzene rings is 4. The van der Waals surface area contributed by atoms with Crippen LogP contribution < -0.4 is 15.1 Å². The zero-order chi connectivity index (χ0) is 33.2. The second-order valence-corrected chi connectivity index (χ2v) is 13.1. The number of carbonyl (C=O) groups excluding carboxylic acids is 1. The van der Waals surface area contributed by atoms with E-state index in [4.69, 9.17) is 4.98 Å². The molecular formula is C40H35FN4O2S. The number of aliphatic hydroxyl groups is 1. The number of aryl methyl sites for hydroxylation is 1. The molecule has 0 saturated heterocycles. The number of rotatable bonds is 8. The number of para-hydroxylation sites is 2. The molecule has 0 spiro atoms. The Balaban J connectivity index is 1.11. The molecule has 240 valence electrons. The normalized spacial score (nSPS) is 12.9. The number of hydrogen-bond donors (Lipinski definition) is 2. The molecule has 1 aliphatic rings. The topological polar surface area (TPSA) is 68.7 Å². The third-order valence-corrected chi connectivity index (χ3v) is 9.94. The van der Waals surface area contributed by atoms with Crippen molar-refractivity contribution in [2.45, 2.75) is 26.1 Å². The molecule has 2 aromatic heterocycles. The first kappa shape index (κ1) is 31.3. The van der Waals surface area contributed by atoms with E-state index in [0.717, 1.165) is 33.1 Å². The maximum Gasteiger partial charge on any atom is 0.265 e. The Bertz CT molecular complexity index is 2080. The molecule has 0 bridgehead atoms. The average Bonchev–Trinajstić information content (AvgIpc) is 3.48. The molecule has 1 unspecified atom stereocenters. The zero-order valence-electron chi connectivity index (χ0n) is 26.7. The summed E-state index contributed by atoms with van der Waals surface area (Å²) in [6.45, 7) is 2.95. The summed E-state index contributed by atoms with van der Waals surface area (Å²) >= 11 is 1.38. The van der Waals surface area contributed by atoms with Gasteiger partial charge in [0, 0.05) is 36.3 Å². The molecule has 1 atom stereocenters. The highest BCUT2D eigenvalue weighted by Gasteiger charge is 2.28. The lowest BCUT2D eigenvalue weighted by molar-refractivity contribution is 0.102. The second-order valence-electron chi connectivity index (χ2n) is 12.0. The number of anilines is 3. The largest absolute Gasteiger partial charge is 0.368 e. The minimum atomic E-state index is -0.985. The summed E-state index contributed by atoms with van der Waals surface area (Å²) < 4.78 is 14.5. The Labute approximate surface area is 283 Å². The quantitative estimate of drug-likeness (QED) is 0.172. The summed E-state index contributed by atoms with van der Waals surface area (Å²) in [5.74, 6) is -0.0372. The number of fused-ring (bicyclic) bond motifs is 3. The molecule has 4 aromatic carbocycles. The Morgan fingerprint density at radius 2 is 1.69 bits per heavy atom. The van der Waals surface area contributed by atoms with Gasteiger partial charge >= 0.3 is 0 Å². The van der Waals surface area contributed by atoms with Gasteiger partial charge in [-0.3, -0.25) is 4.79 Å². The van der Waals surface area contributed by atoms with Crippen LogP contribution in [0.15, 0.2) is 121 Å². The van der Waals surface area contributed by atoms with E-state index in [9.17, 15) is 14.3 Å². The average molecular weight is 655 g/mol. The van der Waals surface area contributed by atoms with Crippen molar-refractivity contribution in [1.82, 2.24) is 4.98 Å². The van der Waals surface area contributed by atoms with E-state index in [1.54, 1.807) is 19.1 Å². The molecule has 48 heavy (non-hydrogen) atoms. The minimum absolute atomic E-state index is 0.196. The summed E-state index contributed by atoms with van der Waals surface area (Å²) in [5, 5.41) is 14.6. The predicted octanol–water partition coefficient (Wildman–Crippen LogP) is 8.87. The van der Waals surface area contributed by atoms with Crippen LogP contribution in [-0.2, 0) is 13.0 Å². The molecule has 8 heteroatoms. The Morgan fingerprint density at radius 3 is 2.52 bits per heavy atom. The first-order valence-electron chi connectivity index (χ1n) is 15.9. The lowest BCUT2D eigenvalue weighted by Crippen LogP contribution is -2.31. The molecule has 0 radical (unpaired) electrons. The van der Waals surface area contributed by atoms with Crippen LogP contribution in [0.2, 0.25) is 0 Å². The summed E-state index contributed by atoms with van der Waals surface area (Å²) in [7, 11) is 2.01. The van der Waals surface area contributed by atoms with Gasteiger partial charge in [0.25, 0.3) is 5.91 Å². The van der Waals surface area contributed by atoms with Gasteiger partial charge in [0.1, 0.15) is 11.6 Å². The molecule has 6 nitrogen and oxygen atoms in total. The van der Waals surface area contributed by atoms with Crippen LogP contribution in [0, 0.1) is 12.7 Å². The fourth-order valence-corrected chi connectivity index (χ4v) is 7.38. The lowest BCUT2D eigenvalue weighted by atomic mass is 10.0. The molecule has 1 amide bonds. The molecule has 1 aliphatic heterocycles. The molecule has 6 aromatic rings. The lowest BCUT2D eigenvalue weighted by Gasteiger charge is -2.30. The van der Waals surface area contributed by atoms with Crippen molar-refractivity contribution in [3.8, 4) is 21.6 Å². The number of hydrogen-bond acceptors (Lipinski definition) is 6. The van der Waals surface area contributed by atoms with Gasteiger partial charge < -0.3 is 20.2 Å². The van der Waals surface area contributed by atoms with Crippen molar-refractivity contribution in [3.05, 3.63) is 154 Å². The van der Waals surface area contributed by atoms with Gasteiger partial charge in [-0.1, -0.05) is 84.9 Å². The third-order valence-electron chi connectivity index (χ3n) is 8.73. The van der Waals surface area contributed by atoms with Crippen LogP contribution in [0.4, 0.5) is 21.6 Å². The van der Waals surface area contributed by atoms with Crippen LogP contribution in [-0.4, -0.2) is 29.6 Å². The first-order chi connectivity index (χ1) is 23.4. The summed E-state index contributed by atoms with van der Waals surface area (Å²) in [4.78, 5) is 23.7. The number of amides is 1. The maximum atomic E-state index is 14.5. The van der Waals surface area contributed by atoms with E-state index < -0.39 is 12.0 Å². The highest BCUT2D eigenvalue weighted by atomic mass is 32.1. The minimum Gasteiger partial charge on any atom is -0.368 e. The van der Waals surface area contributed by atoms with Gasteiger partial charge in [-0.25, -0.2) is 9.37 Å². The van der Waals surface area contributed by atoms with Gasteiger partial charge in [-0.2, -0.15) is 0 Å². The second kappa shape index (κ2) is 13.4. The summed E-state index contributed by atoms with van der Waals surface area (Å²) in [6, 6.07) is 39.1. The molecule has 0 saturated carbocycles. The molecule has 7 rings (SSSR count). The summed E-state index contributed by atoms with van der Waals surface area (Å²) in [6.07, 6.45) is -0.372. The molecule has 0 aliphatic carbocycles. The van der Waals surface area contributed by atoms with E-state index in [2.05, 4.69) is 46.6 Å². The first-order valence-corrected chi connectivity index (χ1v) is 16.7. The Kier molecular flexibility index (Phi) is 8.76. The van der Waals surface area contributed by atoms with Gasteiger partial charge in [-0.15, -0.1) is 11.3 Å². The van der Waals surface area contributed by atoms with Crippen LogP contribution in [0.25, 0.3) is 21.6 Å². The van der Waals surface area contributed by atoms with Crippen molar-refractivity contribution >= 4 is 34.4 Å². The van der Waals surface area contributed by atoms with Crippen LogP contribution in [0.1, 0.15) is 38.3 Å². The molecular weight excluding hydrogens is 620 g/mol. The van der Waals surface area contributed by atoms with Gasteiger partial charge in [0.2, 0.25) is 0 Å². The van der Waals surface area contributed by atoms with E-state index in [0.29, 0.717) is 35.6 Å². The van der Waals surface area contributed by atoms with Crippen LogP contribution in [0.3, 0.4) is 0 Å². The fraction of sp³-hybridized carbons (Fsp3) is 0.150. The van der Waals surface area contributed by atoms with Crippen molar-refractivity contribution in [3.63, 3.8) is 0 Å². The smallest absolute Gasteiger partial charge is 0.265 e. The van der Waals surface area contributed by atoms with Crippen molar-refractivity contribution in [2.75, 3.05) is 28.7 Å². The van der Waals surface area contributed by atoms with Gasteiger partial charge in [0.15, 0.2) is 6.23 Å². The number of halogens is 1. The number of carbonyl (C=O) groups is 1. The Hall–Kier alpha value is -5.31. The summed E-state index contributed by atoms with van der Waals surface area (Å²) in [5.41, 5.74) is 7.72. The third kappa shape index (κ3) is 6.32. The molecule has 2 N–H and O–H groups in total. The van der Waals surface area contributed by atoms with Crippen molar-refractivity contribution in [2.24, 2.45) is 0 Å². The fourth-order valence-electron chi connectivity index (χ4n) is 6.24. The van der Waals surface area contributed by atoms with E-state index >= 15 is 0 Å². The number of aromatic nitrogens is 1. The number of pyridine rings is 1. The van der Waals surface area contributed by atoms with E-state index in [1.165, 1.54) is 28.5 Å². The van der Waals surface area contributed by atoms with Crippen LogP contribution in [0.5, 0.6) is 0 Å². The van der Waals surface area contributed by atoms with Crippen molar-refractivity contribution in [1.29, 1.82) is 0 Å². The SMILES string of the molecule is Cc1cccc(F)c1NC(=O)c1cc2c(s1)-c1ccccc1N(C(O)c1cccc(N(C)Cc3cccc(-c4ccccc4)c3)n1)CC2. The monoisotopic (exact) mass is 654 g/mol. The number of nitrogens with zero attached hydrogens (tertiary/aromatic N) is 3. The molecule has 0 fully saturated rings. The number of aliphatic hydroxyl groups excluding tert-OH is 1.